The van der Waals surface area contributed by atoms with E-state index >= 15 is 0 Å². The summed E-state index contributed by atoms with van der Waals surface area (Å²) in [6.07, 6.45) is 8.68. The van der Waals surface area contributed by atoms with Crippen LogP contribution in [0.5, 0.6) is 0 Å². The van der Waals surface area contributed by atoms with Crippen LogP contribution in [0.25, 0.3) is 0 Å². The zero-order valence-corrected chi connectivity index (χ0v) is 13.1. The lowest BCUT2D eigenvalue weighted by Gasteiger charge is -2.40. The van der Waals surface area contributed by atoms with E-state index in [-0.39, 0.29) is 0 Å². The summed E-state index contributed by atoms with van der Waals surface area (Å²) >= 11 is 0. The molecule has 0 bridgehead atoms. The van der Waals surface area contributed by atoms with Crippen molar-refractivity contribution in [2.75, 3.05) is 13.1 Å². The third kappa shape index (κ3) is 3.19. The maximum absolute atomic E-state index is 12.1. The Morgan fingerprint density at radius 2 is 1.70 bits per heavy atom. The van der Waals surface area contributed by atoms with Crippen LogP contribution in [0.3, 0.4) is 0 Å². The number of nitrogens with zero attached hydrogens (tertiary/aromatic N) is 1. The standard InChI is InChI=1S/C17H30N2O/c1-12-4-3-5-16(13(12)2)18-15-8-10-19(11-9-15)17(20)14-6-7-14/h12-16,18H,3-11H2,1-2H3. The molecule has 0 aromatic rings. The Hall–Kier alpha value is -0.570. The van der Waals surface area contributed by atoms with Crippen LogP contribution in [0.4, 0.5) is 0 Å². The van der Waals surface area contributed by atoms with Crippen LogP contribution in [-0.2, 0) is 4.79 Å². The molecule has 1 aliphatic heterocycles. The van der Waals surface area contributed by atoms with Gasteiger partial charge in [0, 0.05) is 31.1 Å². The van der Waals surface area contributed by atoms with Gasteiger partial charge in [0.05, 0.1) is 0 Å². The van der Waals surface area contributed by atoms with Crippen molar-refractivity contribution in [1.29, 1.82) is 0 Å². The highest BCUT2D eigenvalue weighted by Crippen LogP contribution is 2.33. The van der Waals surface area contributed by atoms with Crippen LogP contribution in [0.15, 0.2) is 0 Å². The lowest BCUT2D eigenvalue weighted by molar-refractivity contribution is -0.133. The molecule has 0 aromatic carbocycles. The highest BCUT2D eigenvalue weighted by atomic mass is 16.2. The molecule has 3 aliphatic rings. The monoisotopic (exact) mass is 278 g/mol. The van der Waals surface area contributed by atoms with Gasteiger partial charge in [-0.2, -0.15) is 0 Å². The summed E-state index contributed by atoms with van der Waals surface area (Å²) in [7, 11) is 0. The Morgan fingerprint density at radius 3 is 2.35 bits per heavy atom. The Labute approximate surface area is 123 Å². The second-order valence-electron chi connectivity index (χ2n) is 7.41. The van der Waals surface area contributed by atoms with Crippen molar-refractivity contribution in [1.82, 2.24) is 10.2 Å². The first-order valence-electron chi connectivity index (χ1n) is 8.70. The highest BCUT2D eigenvalue weighted by Gasteiger charge is 2.35. The van der Waals surface area contributed by atoms with Gasteiger partial charge in [0.15, 0.2) is 0 Å². The fourth-order valence-corrected chi connectivity index (χ4v) is 3.97. The van der Waals surface area contributed by atoms with Crippen molar-refractivity contribution in [2.24, 2.45) is 17.8 Å². The van der Waals surface area contributed by atoms with Crippen molar-refractivity contribution in [2.45, 2.75) is 70.9 Å². The quantitative estimate of drug-likeness (QED) is 0.861. The number of carbonyl (C=O) groups is 1. The van der Waals surface area contributed by atoms with Gasteiger partial charge in [-0.05, 0) is 43.9 Å². The third-order valence-corrected chi connectivity index (χ3v) is 5.89. The van der Waals surface area contributed by atoms with Gasteiger partial charge in [-0.1, -0.05) is 26.7 Å². The molecule has 3 nitrogen and oxygen atoms in total. The molecule has 1 heterocycles. The molecule has 1 saturated heterocycles. The van der Waals surface area contributed by atoms with Crippen LogP contribution < -0.4 is 5.32 Å². The number of nitrogens with one attached hydrogen (secondary N) is 1. The number of hydrogen-bond acceptors (Lipinski definition) is 2. The zero-order chi connectivity index (χ0) is 14.1. The Kier molecular flexibility index (Phi) is 4.34. The average Bonchev–Trinajstić information content (AvgIpc) is 3.29. The Bertz CT molecular complexity index is 345. The highest BCUT2D eigenvalue weighted by molar-refractivity contribution is 5.81. The molecule has 114 valence electrons. The molecule has 3 unspecified atom stereocenters. The van der Waals surface area contributed by atoms with E-state index in [1.54, 1.807) is 0 Å². The summed E-state index contributed by atoms with van der Waals surface area (Å²) in [5.74, 6) is 2.48. The second-order valence-corrected chi connectivity index (χ2v) is 7.41. The molecule has 2 saturated carbocycles. The minimum atomic E-state index is 0.388. The fourth-order valence-electron chi connectivity index (χ4n) is 3.97. The molecule has 1 amide bonds. The van der Waals surface area contributed by atoms with E-state index < -0.39 is 0 Å². The van der Waals surface area contributed by atoms with Crippen LogP contribution in [0, 0.1) is 17.8 Å². The summed E-state index contributed by atoms with van der Waals surface area (Å²) in [5.41, 5.74) is 0. The number of rotatable bonds is 3. The van der Waals surface area contributed by atoms with Crippen LogP contribution >= 0.6 is 0 Å². The van der Waals surface area contributed by atoms with Crippen molar-refractivity contribution in [3.63, 3.8) is 0 Å². The molecular formula is C17H30N2O. The summed E-state index contributed by atoms with van der Waals surface area (Å²) in [5, 5.41) is 3.90. The Balaban J connectivity index is 1.45. The van der Waals surface area contributed by atoms with E-state index in [9.17, 15) is 4.79 Å². The Morgan fingerprint density at radius 1 is 1.00 bits per heavy atom. The van der Waals surface area contributed by atoms with E-state index in [2.05, 4.69) is 24.1 Å². The van der Waals surface area contributed by atoms with Crippen molar-refractivity contribution in [3.8, 4) is 0 Å². The molecule has 0 spiro atoms. The molecule has 3 atom stereocenters. The van der Waals surface area contributed by atoms with Gasteiger partial charge in [0.25, 0.3) is 0 Å². The molecule has 2 aliphatic carbocycles. The maximum Gasteiger partial charge on any atom is 0.225 e. The normalized spacial score (nSPS) is 36.1. The molecule has 0 radical (unpaired) electrons. The molecule has 3 rings (SSSR count). The van der Waals surface area contributed by atoms with Crippen molar-refractivity contribution < 1.29 is 4.79 Å². The SMILES string of the molecule is CC1CCCC(NC2CCN(C(=O)C3CC3)CC2)C1C. The first kappa shape index (κ1) is 14.4. The molecule has 1 N–H and O–H groups in total. The van der Waals surface area contributed by atoms with E-state index in [0.717, 1.165) is 50.6 Å². The zero-order valence-electron chi connectivity index (χ0n) is 13.1. The second kappa shape index (κ2) is 6.05. The van der Waals surface area contributed by atoms with Crippen LogP contribution in [-0.4, -0.2) is 36.0 Å². The predicted octanol–water partition coefficient (Wildman–Crippen LogP) is 2.80. The fraction of sp³-hybridized carbons (Fsp3) is 0.941. The predicted molar refractivity (Wildman–Crippen MR) is 81.4 cm³/mol. The van der Waals surface area contributed by atoms with Gasteiger partial charge < -0.3 is 10.2 Å². The van der Waals surface area contributed by atoms with Gasteiger partial charge in [0.2, 0.25) is 5.91 Å². The smallest absolute Gasteiger partial charge is 0.225 e. The largest absolute Gasteiger partial charge is 0.342 e. The third-order valence-electron chi connectivity index (χ3n) is 5.89. The van der Waals surface area contributed by atoms with Crippen LogP contribution in [0.1, 0.15) is 58.8 Å². The van der Waals surface area contributed by atoms with Gasteiger partial charge >= 0.3 is 0 Å². The number of amides is 1. The molecule has 3 heteroatoms. The number of likely N-dealkylation sites (tertiary alicyclic amines) is 1. The van der Waals surface area contributed by atoms with Gasteiger partial charge in [-0.3, -0.25) is 4.79 Å². The summed E-state index contributed by atoms with van der Waals surface area (Å²) in [6.45, 7) is 6.76. The van der Waals surface area contributed by atoms with Gasteiger partial charge in [0.1, 0.15) is 0 Å². The van der Waals surface area contributed by atoms with Crippen molar-refractivity contribution in [3.05, 3.63) is 0 Å². The molecule has 3 fully saturated rings. The van der Waals surface area contributed by atoms with Crippen molar-refractivity contribution >= 4 is 5.91 Å². The van der Waals surface area contributed by atoms with E-state index in [1.165, 1.54) is 19.3 Å². The van der Waals surface area contributed by atoms with E-state index in [0.29, 0.717) is 23.9 Å². The lowest BCUT2D eigenvalue weighted by atomic mass is 9.77. The number of hydrogen-bond donors (Lipinski definition) is 1. The number of piperidine rings is 1. The first-order valence-corrected chi connectivity index (χ1v) is 8.70. The van der Waals surface area contributed by atoms with Gasteiger partial charge in [-0.15, -0.1) is 0 Å². The average molecular weight is 278 g/mol. The first-order chi connectivity index (χ1) is 9.65. The minimum Gasteiger partial charge on any atom is -0.342 e. The van der Waals surface area contributed by atoms with E-state index in [1.807, 2.05) is 0 Å². The molecular weight excluding hydrogens is 248 g/mol. The maximum atomic E-state index is 12.1. The molecule has 20 heavy (non-hydrogen) atoms. The number of carbonyl (C=O) groups excluding carboxylic acids is 1. The topological polar surface area (TPSA) is 32.3 Å². The minimum absolute atomic E-state index is 0.388. The van der Waals surface area contributed by atoms with E-state index in [4.69, 9.17) is 0 Å². The molecule has 0 aromatic heterocycles. The van der Waals surface area contributed by atoms with Crippen LogP contribution in [0.2, 0.25) is 0 Å². The summed E-state index contributed by atoms with van der Waals surface area (Å²) in [4.78, 5) is 14.2. The lowest BCUT2D eigenvalue weighted by Crippen LogP contribution is -2.51. The summed E-state index contributed by atoms with van der Waals surface area (Å²) < 4.78 is 0. The summed E-state index contributed by atoms with van der Waals surface area (Å²) in [6, 6.07) is 1.34. The van der Waals surface area contributed by atoms with Gasteiger partial charge in [-0.25, -0.2) is 0 Å².